The molecule has 2 aromatic carbocycles. The highest BCUT2D eigenvalue weighted by Crippen LogP contribution is 2.21. The van der Waals surface area contributed by atoms with Gasteiger partial charge in [-0.1, -0.05) is 18.2 Å². The van der Waals surface area contributed by atoms with Crippen molar-refractivity contribution in [1.82, 2.24) is 4.98 Å². The van der Waals surface area contributed by atoms with Crippen LogP contribution in [0.15, 0.2) is 60.8 Å². The van der Waals surface area contributed by atoms with Crippen LogP contribution in [0.3, 0.4) is 0 Å². The number of benzene rings is 2. The van der Waals surface area contributed by atoms with E-state index in [0.717, 1.165) is 22.3 Å². The highest BCUT2D eigenvalue weighted by Gasteiger charge is 2.00. The average molecular weight is 245 g/mol. The summed E-state index contributed by atoms with van der Waals surface area (Å²) in [6.07, 6.45) is 1.59. The number of anilines is 2. The molecule has 0 aliphatic rings. The van der Waals surface area contributed by atoms with Crippen LogP contribution in [0.4, 0.5) is 11.4 Å². The maximum Gasteiger partial charge on any atom is 0.101 e. The lowest BCUT2D eigenvalue weighted by Crippen LogP contribution is -1.90. The monoisotopic (exact) mass is 245 g/mol. The van der Waals surface area contributed by atoms with Crippen LogP contribution in [-0.2, 0) is 0 Å². The zero-order valence-corrected chi connectivity index (χ0v) is 10.2. The largest absolute Gasteiger partial charge is 0.356 e. The van der Waals surface area contributed by atoms with Gasteiger partial charge in [-0.3, -0.25) is 4.98 Å². The predicted octanol–water partition coefficient (Wildman–Crippen LogP) is 3.85. The molecule has 0 saturated carbocycles. The zero-order valence-electron chi connectivity index (χ0n) is 10.2. The highest BCUT2D eigenvalue weighted by atomic mass is 14.9. The number of pyridine rings is 1. The van der Waals surface area contributed by atoms with Crippen LogP contribution in [-0.4, -0.2) is 4.98 Å². The second kappa shape index (κ2) is 4.79. The van der Waals surface area contributed by atoms with E-state index in [1.54, 1.807) is 6.20 Å². The quantitative estimate of drug-likeness (QED) is 0.746. The summed E-state index contributed by atoms with van der Waals surface area (Å²) in [5, 5.41) is 13.2. The van der Waals surface area contributed by atoms with Crippen LogP contribution in [0.25, 0.3) is 10.9 Å². The van der Waals surface area contributed by atoms with E-state index in [1.807, 2.05) is 54.6 Å². The molecule has 0 unspecified atom stereocenters. The van der Waals surface area contributed by atoms with Gasteiger partial charge in [0, 0.05) is 23.0 Å². The van der Waals surface area contributed by atoms with E-state index in [-0.39, 0.29) is 0 Å². The Morgan fingerprint density at radius 1 is 0.947 bits per heavy atom. The van der Waals surface area contributed by atoms with Crippen molar-refractivity contribution in [3.05, 3.63) is 66.4 Å². The molecule has 3 rings (SSSR count). The van der Waals surface area contributed by atoms with Crippen molar-refractivity contribution in [2.45, 2.75) is 0 Å². The summed E-state index contributed by atoms with van der Waals surface area (Å²) in [7, 11) is 0. The van der Waals surface area contributed by atoms with Crippen LogP contribution < -0.4 is 5.32 Å². The maximum absolute atomic E-state index is 8.90. The number of para-hydroxylation sites is 1. The van der Waals surface area contributed by atoms with Gasteiger partial charge in [0.25, 0.3) is 0 Å². The molecule has 1 aromatic heterocycles. The van der Waals surface area contributed by atoms with Crippen molar-refractivity contribution in [3.63, 3.8) is 0 Å². The number of nitriles is 1. The van der Waals surface area contributed by atoms with Crippen molar-refractivity contribution < 1.29 is 0 Å². The highest BCUT2D eigenvalue weighted by molar-refractivity contribution is 5.84. The third-order valence-electron chi connectivity index (χ3n) is 2.87. The van der Waals surface area contributed by atoms with Gasteiger partial charge < -0.3 is 5.32 Å². The second-order valence-corrected chi connectivity index (χ2v) is 4.23. The molecule has 90 valence electrons. The topological polar surface area (TPSA) is 48.7 Å². The Bertz CT molecular complexity index is 758. The van der Waals surface area contributed by atoms with E-state index >= 15 is 0 Å². The molecule has 3 nitrogen and oxygen atoms in total. The van der Waals surface area contributed by atoms with Gasteiger partial charge in [0.1, 0.15) is 6.07 Å². The molecule has 0 radical (unpaired) electrons. The van der Waals surface area contributed by atoms with Crippen LogP contribution in [0.2, 0.25) is 0 Å². The second-order valence-electron chi connectivity index (χ2n) is 4.23. The molecular formula is C16H11N3. The van der Waals surface area contributed by atoms with Crippen molar-refractivity contribution in [3.8, 4) is 6.07 Å². The maximum atomic E-state index is 8.90. The Balaban J connectivity index is 1.99. The van der Waals surface area contributed by atoms with Crippen LogP contribution in [0, 0.1) is 11.3 Å². The molecule has 3 aromatic rings. The third kappa shape index (κ3) is 2.38. The number of aromatic nitrogens is 1. The van der Waals surface area contributed by atoms with Gasteiger partial charge in [-0.25, -0.2) is 0 Å². The van der Waals surface area contributed by atoms with E-state index in [0.29, 0.717) is 5.56 Å². The Morgan fingerprint density at radius 2 is 1.79 bits per heavy atom. The predicted molar refractivity (Wildman–Crippen MR) is 76.2 cm³/mol. The van der Waals surface area contributed by atoms with Gasteiger partial charge >= 0.3 is 0 Å². The lowest BCUT2D eigenvalue weighted by atomic mass is 10.1. The van der Waals surface area contributed by atoms with Crippen molar-refractivity contribution in [1.29, 1.82) is 5.26 Å². The Morgan fingerprint density at radius 3 is 2.58 bits per heavy atom. The van der Waals surface area contributed by atoms with Gasteiger partial charge in [-0.15, -0.1) is 0 Å². The summed E-state index contributed by atoms with van der Waals surface area (Å²) in [6.45, 7) is 0. The molecule has 1 heterocycles. The van der Waals surface area contributed by atoms with E-state index in [2.05, 4.69) is 16.4 Å². The van der Waals surface area contributed by atoms with Crippen molar-refractivity contribution in [2.24, 2.45) is 0 Å². The molecule has 0 bridgehead atoms. The van der Waals surface area contributed by atoms with Gasteiger partial charge in [0.05, 0.1) is 11.1 Å². The summed E-state index contributed by atoms with van der Waals surface area (Å²) in [4.78, 5) is 4.25. The van der Waals surface area contributed by atoms with E-state index in [4.69, 9.17) is 5.26 Å². The van der Waals surface area contributed by atoms with Crippen molar-refractivity contribution in [2.75, 3.05) is 5.32 Å². The van der Waals surface area contributed by atoms with Gasteiger partial charge in [0.15, 0.2) is 0 Å². The first-order valence-corrected chi connectivity index (χ1v) is 5.97. The van der Waals surface area contributed by atoms with Crippen LogP contribution in [0.5, 0.6) is 0 Å². The molecule has 0 aliphatic heterocycles. The number of nitrogens with one attached hydrogen (secondary N) is 1. The molecule has 0 saturated heterocycles. The minimum atomic E-state index is 0.573. The van der Waals surface area contributed by atoms with Gasteiger partial charge in [-0.2, -0.15) is 5.26 Å². The van der Waals surface area contributed by atoms with Crippen LogP contribution in [0.1, 0.15) is 5.56 Å². The first kappa shape index (κ1) is 11.2. The normalized spacial score (nSPS) is 10.1. The fraction of sp³-hybridized carbons (Fsp3) is 0. The van der Waals surface area contributed by atoms with Gasteiger partial charge in [0.2, 0.25) is 0 Å². The Hall–Kier alpha value is -2.86. The lowest BCUT2D eigenvalue weighted by Gasteiger charge is -2.07. The number of rotatable bonds is 2. The molecule has 19 heavy (non-hydrogen) atoms. The summed E-state index contributed by atoms with van der Waals surface area (Å²) in [6, 6.07) is 19.8. The minimum Gasteiger partial charge on any atom is -0.356 e. The molecule has 1 N–H and O–H groups in total. The van der Waals surface area contributed by atoms with E-state index < -0.39 is 0 Å². The molecule has 0 atom stereocenters. The molecular weight excluding hydrogens is 234 g/mol. The number of hydrogen-bond acceptors (Lipinski definition) is 3. The fourth-order valence-corrected chi connectivity index (χ4v) is 1.96. The Labute approximate surface area is 111 Å². The fourth-order valence-electron chi connectivity index (χ4n) is 1.96. The van der Waals surface area contributed by atoms with Crippen LogP contribution >= 0.6 is 0 Å². The average Bonchev–Trinajstić information content (AvgIpc) is 2.47. The first-order valence-electron chi connectivity index (χ1n) is 5.97. The number of nitrogens with zero attached hydrogens (tertiary/aromatic N) is 2. The summed E-state index contributed by atoms with van der Waals surface area (Å²) >= 11 is 0. The van der Waals surface area contributed by atoms with E-state index in [1.165, 1.54) is 0 Å². The molecule has 0 aliphatic carbocycles. The minimum absolute atomic E-state index is 0.573. The summed E-state index contributed by atoms with van der Waals surface area (Å²) in [5.74, 6) is 0. The van der Waals surface area contributed by atoms with E-state index in [9.17, 15) is 0 Å². The standard InChI is InChI=1S/C16H11N3/c17-10-12-8-13-9-15(6-7-16(13)18-11-12)19-14-4-2-1-3-5-14/h1-9,11,19H. The number of hydrogen-bond donors (Lipinski definition) is 1. The summed E-state index contributed by atoms with van der Waals surface area (Å²) < 4.78 is 0. The van der Waals surface area contributed by atoms with Gasteiger partial charge in [-0.05, 0) is 36.4 Å². The Kier molecular flexibility index (Phi) is 2.83. The molecule has 0 spiro atoms. The lowest BCUT2D eigenvalue weighted by molar-refractivity contribution is 1.37. The smallest absolute Gasteiger partial charge is 0.101 e. The molecule has 3 heteroatoms. The molecule has 0 fully saturated rings. The first-order chi connectivity index (χ1) is 9.35. The SMILES string of the molecule is N#Cc1cnc2ccc(Nc3ccccc3)cc2c1. The van der Waals surface area contributed by atoms with Crippen molar-refractivity contribution >= 4 is 22.3 Å². The zero-order chi connectivity index (χ0) is 13.1. The summed E-state index contributed by atoms with van der Waals surface area (Å²) in [5.41, 5.74) is 3.48. The third-order valence-corrected chi connectivity index (χ3v) is 2.87. The molecule has 0 amide bonds. The number of fused-ring (bicyclic) bond motifs is 1.